The van der Waals surface area contributed by atoms with Crippen LogP contribution in [0.15, 0.2) is 137 Å². The summed E-state index contributed by atoms with van der Waals surface area (Å²) in [6, 6.07) is 39.2. The van der Waals surface area contributed by atoms with Crippen molar-refractivity contribution in [3.05, 3.63) is 137 Å². The molecule has 6 heteroatoms. The standard InChI is InChI=1S/C39H26N4S2/c1-42-38-21-25(27-13-16-44-23-27)10-12-35(38)41-39(42)26-9-11-33-32-6-2-3-8-36(32)43(37(33)22-26)31-19-29(28-14-17-45-24-28)18-30(20-31)34-7-4-5-15-40-34/h2-24H,1H3. The van der Waals surface area contributed by atoms with Gasteiger partial charge in [0.15, 0.2) is 0 Å². The number of thiophene rings is 2. The number of benzene rings is 4. The molecule has 0 saturated heterocycles. The zero-order valence-corrected chi connectivity index (χ0v) is 26.0. The molecule has 0 fully saturated rings. The Bertz CT molecular complexity index is 2480. The zero-order valence-electron chi connectivity index (χ0n) is 24.4. The maximum atomic E-state index is 5.12. The summed E-state index contributed by atoms with van der Waals surface area (Å²) >= 11 is 3.44. The van der Waals surface area contributed by atoms with Crippen molar-refractivity contribution in [3.63, 3.8) is 0 Å². The Hall–Kier alpha value is -5.30. The molecule has 0 radical (unpaired) electrons. The van der Waals surface area contributed by atoms with Crippen molar-refractivity contribution in [2.45, 2.75) is 0 Å². The van der Waals surface area contributed by atoms with Crippen LogP contribution < -0.4 is 0 Å². The summed E-state index contributed by atoms with van der Waals surface area (Å²) in [5.41, 5.74) is 13.5. The molecule has 9 rings (SSSR count). The van der Waals surface area contributed by atoms with Gasteiger partial charge in [0.1, 0.15) is 5.82 Å². The molecule has 5 heterocycles. The summed E-state index contributed by atoms with van der Waals surface area (Å²) in [4.78, 5) is 9.83. The molecule has 9 aromatic rings. The van der Waals surface area contributed by atoms with Gasteiger partial charge in [-0.1, -0.05) is 42.5 Å². The number of para-hydroxylation sites is 1. The van der Waals surface area contributed by atoms with Gasteiger partial charge in [0.25, 0.3) is 0 Å². The quantitative estimate of drug-likeness (QED) is 0.193. The van der Waals surface area contributed by atoms with Crippen molar-refractivity contribution in [2.75, 3.05) is 0 Å². The van der Waals surface area contributed by atoms with Crippen molar-refractivity contribution >= 4 is 55.5 Å². The van der Waals surface area contributed by atoms with E-state index in [4.69, 9.17) is 9.97 Å². The highest BCUT2D eigenvalue weighted by atomic mass is 32.1. The Balaban J connectivity index is 1.28. The van der Waals surface area contributed by atoms with Crippen molar-refractivity contribution in [3.8, 4) is 50.6 Å². The number of hydrogen-bond donors (Lipinski definition) is 0. The lowest BCUT2D eigenvalue weighted by Crippen LogP contribution is -1.97. The molecule has 0 aliphatic rings. The molecule has 0 spiro atoms. The summed E-state index contributed by atoms with van der Waals surface area (Å²) in [5.74, 6) is 0.951. The Labute approximate surface area is 268 Å². The Morgan fingerprint density at radius 2 is 1.29 bits per heavy atom. The number of hydrogen-bond acceptors (Lipinski definition) is 4. The van der Waals surface area contributed by atoms with E-state index in [-0.39, 0.29) is 0 Å². The predicted molar refractivity (Wildman–Crippen MR) is 190 cm³/mol. The van der Waals surface area contributed by atoms with Gasteiger partial charge in [0.05, 0.1) is 27.8 Å². The van der Waals surface area contributed by atoms with Gasteiger partial charge in [-0.15, -0.1) is 0 Å². The molecule has 4 aromatic carbocycles. The number of aryl methyl sites for hydroxylation is 1. The molecule has 0 N–H and O–H groups in total. The van der Waals surface area contributed by atoms with Crippen molar-refractivity contribution in [1.29, 1.82) is 0 Å². The summed E-state index contributed by atoms with van der Waals surface area (Å²) < 4.78 is 4.61. The molecule has 45 heavy (non-hydrogen) atoms. The molecule has 0 saturated carbocycles. The topological polar surface area (TPSA) is 35.6 Å². The van der Waals surface area contributed by atoms with E-state index in [9.17, 15) is 0 Å². The van der Waals surface area contributed by atoms with Crippen LogP contribution >= 0.6 is 22.7 Å². The molecule has 0 unspecified atom stereocenters. The Kier molecular flexibility index (Phi) is 6.04. The smallest absolute Gasteiger partial charge is 0.140 e. The first kappa shape index (κ1) is 26.1. The highest BCUT2D eigenvalue weighted by Gasteiger charge is 2.18. The molecule has 0 aliphatic carbocycles. The van der Waals surface area contributed by atoms with Crippen LogP contribution in [0.3, 0.4) is 0 Å². The highest BCUT2D eigenvalue weighted by Crippen LogP contribution is 2.38. The van der Waals surface area contributed by atoms with E-state index in [1.165, 1.54) is 38.5 Å². The minimum Gasteiger partial charge on any atom is -0.327 e. The summed E-state index contributed by atoms with van der Waals surface area (Å²) in [6.07, 6.45) is 1.86. The van der Waals surface area contributed by atoms with Crippen LogP contribution in [0, 0.1) is 0 Å². The van der Waals surface area contributed by atoms with Gasteiger partial charge >= 0.3 is 0 Å². The minimum absolute atomic E-state index is 0.951. The maximum absolute atomic E-state index is 5.12. The summed E-state index contributed by atoms with van der Waals surface area (Å²) in [6.45, 7) is 0. The minimum atomic E-state index is 0.951. The fourth-order valence-electron chi connectivity index (χ4n) is 6.46. The first-order valence-corrected chi connectivity index (χ1v) is 16.7. The molecule has 214 valence electrons. The second-order valence-electron chi connectivity index (χ2n) is 11.3. The van der Waals surface area contributed by atoms with Gasteiger partial charge in [0, 0.05) is 40.8 Å². The third kappa shape index (κ3) is 4.33. The van der Waals surface area contributed by atoms with Crippen molar-refractivity contribution in [1.82, 2.24) is 19.1 Å². The number of pyridine rings is 1. The maximum Gasteiger partial charge on any atom is 0.140 e. The largest absolute Gasteiger partial charge is 0.327 e. The Morgan fingerprint density at radius 1 is 0.556 bits per heavy atom. The zero-order chi connectivity index (χ0) is 29.9. The van der Waals surface area contributed by atoms with E-state index in [0.717, 1.165) is 44.9 Å². The van der Waals surface area contributed by atoms with Gasteiger partial charge in [-0.05, 0) is 111 Å². The number of nitrogens with zero attached hydrogens (tertiary/aromatic N) is 4. The van der Waals surface area contributed by atoms with Gasteiger partial charge < -0.3 is 9.13 Å². The third-order valence-electron chi connectivity index (χ3n) is 8.66. The lowest BCUT2D eigenvalue weighted by molar-refractivity contribution is 0.959. The van der Waals surface area contributed by atoms with Crippen LogP contribution in [0.4, 0.5) is 0 Å². The molecule has 5 aromatic heterocycles. The first-order chi connectivity index (χ1) is 22.2. The predicted octanol–water partition coefficient (Wildman–Crippen LogP) is 10.9. The molecular weight excluding hydrogens is 589 g/mol. The molecule has 0 aliphatic heterocycles. The van der Waals surface area contributed by atoms with Gasteiger partial charge in [-0.2, -0.15) is 22.7 Å². The van der Waals surface area contributed by atoms with E-state index in [2.05, 4.69) is 135 Å². The van der Waals surface area contributed by atoms with E-state index in [1.807, 2.05) is 18.3 Å². The molecular formula is C39H26N4S2. The van der Waals surface area contributed by atoms with E-state index in [1.54, 1.807) is 22.7 Å². The molecule has 0 atom stereocenters. The fourth-order valence-corrected chi connectivity index (χ4v) is 7.79. The second-order valence-corrected chi connectivity index (χ2v) is 12.9. The summed E-state index contributed by atoms with van der Waals surface area (Å²) in [7, 11) is 2.12. The van der Waals surface area contributed by atoms with Crippen LogP contribution in [-0.4, -0.2) is 19.1 Å². The number of fused-ring (bicyclic) bond motifs is 4. The highest BCUT2D eigenvalue weighted by molar-refractivity contribution is 7.08. The lowest BCUT2D eigenvalue weighted by atomic mass is 10.0. The molecule has 4 nitrogen and oxygen atoms in total. The van der Waals surface area contributed by atoms with Gasteiger partial charge in [-0.3, -0.25) is 4.98 Å². The Morgan fingerprint density at radius 3 is 2.09 bits per heavy atom. The van der Waals surface area contributed by atoms with Crippen LogP contribution in [0.5, 0.6) is 0 Å². The average Bonchev–Trinajstić information content (AvgIpc) is 3.91. The first-order valence-electron chi connectivity index (χ1n) is 14.8. The van der Waals surface area contributed by atoms with Crippen LogP contribution in [-0.2, 0) is 7.05 Å². The van der Waals surface area contributed by atoms with Crippen LogP contribution in [0.2, 0.25) is 0 Å². The SMILES string of the molecule is Cn1c(-c2ccc3c4ccccc4n(-c4cc(-c5ccsc5)cc(-c5ccccn5)c4)c3c2)nc2ccc(-c3ccsc3)cc21. The van der Waals surface area contributed by atoms with Crippen LogP contribution in [0.25, 0.3) is 83.4 Å². The fraction of sp³-hybridized carbons (Fsp3) is 0.0256. The van der Waals surface area contributed by atoms with Gasteiger partial charge in [-0.25, -0.2) is 4.98 Å². The average molecular weight is 615 g/mol. The van der Waals surface area contributed by atoms with Crippen molar-refractivity contribution < 1.29 is 0 Å². The summed E-state index contributed by atoms with van der Waals surface area (Å²) in [5, 5.41) is 11.1. The number of rotatable bonds is 5. The van der Waals surface area contributed by atoms with E-state index >= 15 is 0 Å². The molecule has 0 bridgehead atoms. The third-order valence-corrected chi connectivity index (χ3v) is 10.0. The van der Waals surface area contributed by atoms with E-state index < -0.39 is 0 Å². The molecule has 0 amide bonds. The van der Waals surface area contributed by atoms with Gasteiger partial charge in [0.2, 0.25) is 0 Å². The van der Waals surface area contributed by atoms with E-state index in [0.29, 0.717) is 0 Å². The normalized spacial score (nSPS) is 11.7. The number of imidazole rings is 1. The lowest BCUT2D eigenvalue weighted by Gasteiger charge is -2.13. The van der Waals surface area contributed by atoms with Crippen LogP contribution in [0.1, 0.15) is 0 Å². The monoisotopic (exact) mass is 614 g/mol. The second kappa shape index (κ2) is 10.4. The van der Waals surface area contributed by atoms with Crippen molar-refractivity contribution in [2.24, 2.45) is 7.05 Å². The number of aromatic nitrogens is 4.